The van der Waals surface area contributed by atoms with Crippen molar-refractivity contribution in [2.75, 3.05) is 25.5 Å². The summed E-state index contributed by atoms with van der Waals surface area (Å²) in [6.07, 6.45) is 1.86. The molecule has 1 unspecified atom stereocenters. The van der Waals surface area contributed by atoms with Gasteiger partial charge in [-0.3, -0.25) is 10.1 Å². The maximum absolute atomic E-state index is 12.9. The lowest BCUT2D eigenvalue weighted by molar-refractivity contribution is 0.102. The van der Waals surface area contributed by atoms with Crippen molar-refractivity contribution in [2.24, 2.45) is 5.92 Å². The fourth-order valence-corrected chi connectivity index (χ4v) is 5.74. The van der Waals surface area contributed by atoms with E-state index in [2.05, 4.69) is 15.5 Å². The summed E-state index contributed by atoms with van der Waals surface area (Å²) in [6, 6.07) is 12.9. The molecule has 4 aromatic rings. The molecular formula is C24H24N4O6S. The van der Waals surface area contributed by atoms with Crippen LogP contribution in [0.1, 0.15) is 30.1 Å². The fourth-order valence-electron chi connectivity index (χ4n) is 4.14. The van der Waals surface area contributed by atoms with Gasteiger partial charge in [0, 0.05) is 24.0 Å². The molecule has 0 bridgehead atoms. The standard InChI is InChI=1S/C24H24N4O6S/c1-15-5-4-12-28(14-15)35(30,31)18-10-8-16(9-11-18)22(29)25-24-27-26-23(34-24)20-13-17-6-3-7-19(32-2)21(17)33-20/h3,6-11,13,15H,4-5,12,14H2,1-2H3,(H,25,27,29). The number of carbonyl (C=O) groups excluding carboxylic acids is 1. The number of anilines is 1. The van der Waals surface area contributed by atoms with Crippen LogP contribution in [0.25, 0.3) is 22.6 Å². The molecular weight excluding hydrogens is 472 g/mol. The smallest absolute Gasteiger partial charge is 0.322 e. The van der Waals surface area contributed by atoms with Gasteiger partial charge in [-0.25, -0.2) is 8.42 Å². The van der Waals surface area contributed by atoms with E-state index in [4.69, 9.17) is 13.6 Å². The van der Waals surface area contributed by atoms with Gasteiger partial charge in [0.15, 0.2) is 17.1 Å². The van der Waals surface area contributed by atoms with E-state index in [-0.39, 0.29) is 22.4 Å². The normalized spacial score (nSPS) is 16.9. The zero-order chi connectivity index (χ0) is 24.6. The Kier molecular flexibility index (Phi) is 6.03. The van der Waals surface area contributed by atoms with Crippen molar-refractivity contribution in [1.29, 1.82) is 0 Å². The molecule has 1 saturated heterocycles. The third kappa shape index (κ3) is 4.52. The summed E-state index contributed by atoms with van der Waals surface area (Å²) < 4.78 is 44.0. The Morgan fingerprint density at radius 2 is 1.94 bits per heavy atom. The quantitative estimate of drug-likeness (QED) is 0.421. The summed E-state index contributed by atoms with van der Waals surface area (Å²) in [7, 11) is -2.05. The summed E-state index contributed by atoms with van der Waals surface area (Å²) in [6.45, 7) is 3.05. The zero-order valence-corrected chi connectivity index (χ0v) is 20.0. The average molecular weight is 497 g/mol. The third-order valence-corrected chi connectivity index (χ3v) is 7.84. The van der Waals surface area contributed by atoms with E-state index < -0.39 is 15.9 Å². The molecule has 3 heterocycles. The molecule has 35 heavy (non-hydrogen) atoms. The Bertz CT molecular complexity index is 1480. The van der Waals surface area contributed by atoms with Crippen molar-refractivity contribution in [2.45, 2.75) is 24.7 Å². The molecule has 11 heteroatoms. The molecule has 1 aliphatic heterocycles. The van der Waals surface area contributed by atoms with E-state index in [1.807, 2.05) is 19.1 Å². The molecule has 0 aliphatic carbocycles. The molecule has 2 aromatic heterocycles. The van der Waals surface area contributed by atoms with Gasteiger partial charge in [-0.05, 0) is 55.2 Å². The van der Waals surface area contributed by atoms with Crippen LogP contribution in [0.5, 0.6) is 5.75 Å². The minimum Gasteiger partial charge on any atom is -0.493 e. The predicted molar refractivity (Wildman–Crippen MR) is 128 cm³/mol. The lowest BCUT2D eigenvalue weighted by Crippen LogP contribution is -2.39. The first kappa shape index (κ1) is 23.1. The first-order valence-electron chi connectivity index (χ1n) is 11.2. The number of fused-ring (bicyclic) bond motifs is 1. The van der Waals surface area contributed by atoms with E-state index in [0.717, 1.165) is 18.2 Å². The summed E-state index contributed by atoms with van der Waals surface area (Å²) in [5, 5.41) is 11.1. The molecule has 182 valence electrons. The Morgan fingerprint density at radius 3 is 2.69 bits per heavy atom. The molecule has 1 N–H and O–H groups in total. The molecule has 0 radical (unpaired) electrons. The Balaban J connectivity index is 1.29. The molecule has 2 aromatic carbocycles. The van der Waals surface area contributed by atoms with Crippen LogP contribution in [0.3, 0.4) is 0 Å². The number of furan rings is 1. The topological polar surface area (TPSA) is 128 Å². The van der Waals surface area contributed by atoms with Crippen molar-refractivity contribution < 1.29 is 26.8 Å². The number of ether oxygens (including phenoxy) is 1. The van der Waals surface area contributed by atoms with Gasteiger partial charge in [0.1, 0.15) is 0 Å². The van der Waals surface area contributed by atoms with E-state index >= 15 is 0 Å². The summed E-state index contributed by atoms with van der Waals surface area (Å²) in [5.41, 5.74) is 0.798. The van der Waals surface area contributed by atoms with Crippen molar-refractivity contribution in [3.63, 3.8) is 0 Å². The lowest BCUT2D eigenvalue weighted by Gasteiger charge is -2.30. The summed E-state index contributed by atoms with van der Waals surface area (Å²) in [5.74, 6) is 0.809. The van der Waals surface area contributed by atoms with Gasteiger partial charge in [-0.1, -0.05) is 24.2 Å². The SMILES string of the molecule is COc1cccc2cc(-c3nnc(NC(=O)c4ccc(S(=O)(=O)N5CCCC(C)C5)cc4)o3)oc12. The molecule has 5 rings (SSSR count). The first-order chi connectivity index (χ1) is 16.8. The number of carbonyl (C=O) groups is 1. The monoisotopic (exact) mass is 496 g/mol. The number of amides is 1. The number of nitrogens with zero attached hydrogens (tertiary/aromatic N) is 3. The number of rotatable bonds is 6. The van der Waals surface area contributed by atoms with Gasteiger partial charge in [-0.15, -0.1) is 5.10 Å². The number of benzene rings is 2. The fraction of sp³-hybridized carbons (Fsp3) is 0.292. The number of aromatic nitrogens is 2. The van der Waals surface area contributed by atoms with Crippen molar-refractivity contribution >= 4 is 32.9 Å². The van der Waals surface area contributed by atoms with Gasteiger partial charge < -0.3 is 13.6 Å². The van der Waals surface area contributed by atoms with Crippen LogP contribution < -0.4 is 10.1 Å². The van der Waals surface area contributed by atoms with Crippen molar-refractivity contribution in [1.82, 2.24) is 14.5 Å². The van der Waals surface area contributed by atoms with Gasteiger partial charge in [0.05, 0.1) is 12.0 Å². The maximum Gasteiger partial charge on any atom is 0.322 e. The summed E-state index contributed by atoms with van der Waals surface area (Å²) in [4.78, 5) is 12.8. The Morgan fingerprint density at radius 1 is 1.14 bits per heavy atom. The Hall–Kier alpha value is -3.70. The van der Waals surface area contributed by atoms with Gasteiger partial charge in [0.2, 0.25) is 10.0 Å². The predicted octanol–water partition coefficient (Wildman–Crippen LogP) is 4.16. The second kappa shape index (κ2) is 9.16. The molecule has 10 nitrogen and oxygen atoms in total. The number of hydrogen-bond donors (Lipinski definition) is 1. The van der Waals surface area contributed by atoms with Gasteiger partial charge in [-0.2, -0.15) is 4.31 Å². The number of piperidine rings is 1. The molecule has 0 saturated carbocycles. The molecule has 1 fully saturated rings. The van der Waals surface area contributed by atoms with Crippen LogP contribution in [-0.4, -0.2) is 49.0 Å². The van der Waals surface area contributed by atoms with Crippen LogP contribution in [0.15, 0.2) is 62.3 Å². The van der Waals surface area contributed by atoms with Crippen LogP contribution >= 0.6 is 0 Å². The number of nitrogens with one attached hydrogen (secondary N) is 1. The highest BCUT2D eigenvalue weighted by Gasteiger charge is 2.28. The van der Waals surface area contributed by atoms with Crippen LogP contribution in [0, 0.1) is 5.92 Å². The second-order valence-corrected chi connectivity index (χ2v) is 10.4. The molecule has 1 atom stereocenters. The zero-order valence-electron chi connectivity index (χ0n) is 19.2. The highest BCUT2D eigenvalue weighted by Crippen LogP contribution is 2.33. The van der Waals surface area contributed by atoms with Crippen LogP contribution in [0.2, 0.25) is 0 Å². The van der Waals surface area contributed by atoms with Gasteiger partial charge >= 0.3 is 6.01 Å². The Labute approximate surface area is 201 Å². The third-order valence-electron chi connectivity index (χ3n) is 5.96. The summed E-state index contributed by atoms with van der Waals surface area (Å²) >= 11 is 0. The highest BCUT2D eigenvalue weighted by atomic mass is 32.2. The average Bonchev–Trinajstić information content (AvgIpc) is 3.51. The van der Waals surface area contributed by atoms with Crippen LogP contribution in [0.4, 0.5) is 6.01 Å². The molecule has 1 amide bonds. The van der Waals surface area contributed by atoms with Crippen molar-refractivity contribution in [3.05, 3.63) is 54.1 Å². The maximum atomic E-state index is 12.9. The van der Waals surface area contributed by atoms with Gasteiger partial charge in [0.25, 0.3) is 11.8 Å². The minimum atomic E-state index is -3.60. The lowest BCUT2D eigenvalue weighted by atomic mass is 10.0. The van der Waals surface area contributed by atoms with E-state index in [9.17, 15) is 13.2 Å². The largest absolute Gasteiger partial charge is 0.493 e. The number of methoxy groups -OCH3 is 1. The number of sulfonamides is 1. The van der Waals surface area contributed by atoms with Crippen molar-refractivity contribution in [3.8, 4) is 17.4 Å². The second-order valence-electron chi connectivity index (χ2n) is 8.49. The number of hydrogen-bond acceptors (Lipinski definition) is 8. The molecule has 1 aliphatic rings. The van der Waals surface area contributed by atoms with E-state index in [1.54, 1.807) is 19.2 Å². The highest BCUT2D eigenvalue weighted by molar-refractivity contribution is 7.89. The van der Waals surface area contributed by atoms with Crippen LogP contribution in [-0.2, 0) is 10.0 Å². The first-order valence-corrected chi connectivity index (χ1v) is 12.6. The van der Waals surface area contributed by atoms with E-state index in [1.165, 1.54) is 28.6 Å². The minimum absolute atomic E-state index is 0.0933. The number of para-hydroxylation sites is 1. The van der Waals surface area contributed by atoms with E-state index in [0.29, 0.717) is 36.1 Å². The molecule has 0 spiro atoms.